The van der Waals surface area contributed by atoms with Crippen molar-refractivity contribution in [2.75, 3.05) is 0 Å². The van der Waals surface area contributed by atoms with Gasteiger partial charge in [-0.15, -0.1) is 11.3 Å². The van der Waals surface area contributed by atoms with E-state index in [0.717, 1.165) is 18.5 Å². The molecule has 0 bridgehead atoms. The van der Waals surface area contributed by atoms with Crippen molar-refractivity contribution < 1.29 is 9.90 Å². The van der Waals surface area contributed by atoms with Crippen molar-refractivity contribution in [1.29, 1.82) is 0 Å². The SMILES string of the molecule is O=C(O)CC1CCc2sc(C3CC3)nc21. The summed E-state index contributed by atoms with van der Waals surface area (Å²) in [6.07, 6.45) is 4.82. The minimum Gasteiger partial charge on any atom is -0.481 e. The minimum absolute atomic E-state index is 0.182. The van der Waals surface area contributed by atoms with Crippen LogP contribution in [0.15, 0.2) is 0 Å². The third kappa shape index (κ3) is 1.67. The van der Waals surface area contributed by atoms with E-state index in [4.69, 9.17) is 5.11 Å². The third-order valence-electron chi connectivity index (χ3n) is 3.20. The number of aliphatic carboxylic acids is 1. The molecule has 1 heterocycles. The lowest BCUT2D eigenvalue weighted by atomic mass is 10.0. The monoisotopic (exact) mass is 223 g/mol. The highest BCUT2D eigenvalue weighted by Crippen LogP contribution is 2.46. The van der Waals surface area contributed by atoms with E-state index in [2.05, 4.69) is 4.98 Å². The van der Waals surface area contributed by atoms with Crippen LogP contribution in [0.4, 0.5) is 0 Å². The first-order chi connectivity index (χ1) is 7.24. The fourth-order valence-corrected chi connectivity index (χ4v) is 3.57. The number of fused-ring (bicyclic) bond motifs is 1. The minimum atomic E-state index is -0.700. The standard InChI is InChI=1S/C11H13NO2S/c13-9(14)5-7-3-4-8-10(7)12-11(15-8)6-1-2-6/h6-7H,1-5H2,(H,13,14). The van der Waals surface area contributed by atoms with Crippen LogP contribution in [0.3, 0.4) is 0 Å². The van der Waals surface area contributed by atoms with Crippen molar-refractivity contribution in [3.63, 3.8) is 0 Å². The molecular formula is C11H13NO2S. The van der Waals surface area contributed by atoms with Crippen molar-refractivity contribution in [3.8, 4) is 0 Å². The first-order valence-electron chi connectivity index (χ1n) is 5.45. The first kappa shape index (κ1) is 9.33. The van der Waals surface area contributed by atoms with Crippen molar-refractivity contribution in [1.82, 2.24) is 4.98 Å². The lowest BCUT2D eigenvalue weighted by Crippen LogP contribution is -2.03. The van der Waals surface area contributed by atoms with Crippen LogP contribution in [0.1, 0.15) is 53.1 Å². The van der Waals surface area contributed by atoms with E-state index in [1.54, 1.807) is 0 Å². The average molecular weight is 223 g/mol. The van der Waals surface area contributed by atoms with Crippen LogP contribution in [0.5, 0.6) is 0 Å². The summed E-state index contributed by atoms with van der Waals surface area (Å²) < 4.78 is 0. The number of thiazole rings is 1. The number of carboxylic acids is 1. The molecule has 1 N–H and O–H groups in total. The molecule has 0 radical (unpaired) electrons. The van der Waals surface area contributed by atoms with Gasteiger partial charge in [0.2, 0.25) is 0 Å². The number of hydrogen-bond acceptors (Lipinski definition) is 3. The van der Waals surface area contributed by atoms with Crippen LogP contribution in [0.25, 0.3) is 0 Å². The molecule has 0 aliphatic heterocycles. The molecule has 2 aliphatic rings. The Labute approximate surface area is 92.2 Å². The lowest BCUT2D eigenvalue weighted by Gasteiger charge is -2.04. The summed E-state index contributed by atoms with van der Waals surface area (Å²) in [5.74, 6) is 0.182. The number of rotatable bonds is 3. The van der Waals surface area contributed by atoms with Gasteiger partial charge in [0.05, 0.1) is 17.1 Å². The van der Waals surface area contributed by atoms with Crippen molar-refractivity contribution in [2.45, 2.75) is 43.9 Å². The Morgan fingerprint density at radius 1 is 1.47 bits per heavy atom. The first-order valence-corrected chi connectivity index (χ1v) is 6.27. The van der Waals surface area contributed by atoms with Gasteiger partial charge in [-0.25, -0.2) is 4.98 Å². The van der Waals surface area contributed by atoms with Gasteiger partial charge in [-0.3, -0.25) is 4.79 Å². The molecule has 2 aliphatic carbocycles. The fourth-order valence-electron chi connectivity index (χ4n) is 2.24. The largest absolute Gasteiger partial charge is 0.481 e. The van der Waals surface area contributed by atoms with Gasteiger partial charge in [0, 0.05) is 16.7 Å². The second-order valence-corrected chi connectivity index (χ2v) is 5.58. The van der Waals surface area contributed by atoms with Crippen LogP contribution in [-0.4, -0.2) is 16.1 Å². The highest BCUT2D eigenvalue weighted by atomic mass is 32.1. The number of aryl methyl sites for hydroxylation is 1. The maximum Gasteiger partial charge on any atom is 0.304 e. The molecule has 1 aromatic heterocycles. The smallest absolute Gasteiger partial charge is 0.304 e. The number of nitrogens with zero attached hydrogens (tertiary/aromatic N) is 1. The average Bonchev–Trinajstić information content (AvgIpc) is 2.84. The molecule has 15 heavy (non-hydrogen) atoms. The second-order valence-electron chi connectivity index (χ2n) is 4.47. The summed E-state index contributed by atoms with van der Waals surface area (Å²) in [7, 11) is 0. The van der Waals surface area contributed by atoms with E-state index < -0.39 is 5.97 Å². The highest BCUT2D eigenvalue weighted by molar-refractivity contribution is 7.11. The van der Waals surface area contributed by atoms with Gasteiger partial charge in [-0.05, 0) is 25.7 Å². The third-order valence-corrected chi connectivity index (χ3v) is 4.49. The van der Waals surface area contributed by atoms with Crippen LogP contribution in [-0.2, 0) is 11.2 Å². The van der Waals surface area contributed by atoms with Crippen LogP contribution in [0, 0.1) is 0 Å². The number of aromatic nitrogens is 1. The molecule has 3 rings (SSSR count). The maximum absolute atomic E-state index is 10.7. The van der Waals surface area contributed by atoms with E-state index in [9.17, 15) is 4.79 Å². The predicted molar refractivity (Wildman–Crippen MR) is 57.4 cm³/mol. The van der Waals surface area contributed by atoms with E-state index in [1.807, 2.05) is 11.3 Å². The van der Waals surface area contributed by atoms with Crippen molar-refractivity contribution in [2.24, 2.45) is 0 Å². The Morgan fingerprint density at radius 3 is 2.93 bits per heavy atom. The van der Waals surface area contributed by atoms with Gasteiger partial charge in [-0.1, -0.05) is 0 Å². The molecule has 1 fully saturated rings. The second kappa shape index (κ2) is 3.30. The van der Waals surface area contributed by atoms with E-state index in [0.29, 0.717) is 5.92 Å². The van der Waals surface area contributed by atoms with Crippen LogP contribution < -0.4 is 0 Å². The van der Waals surface area contributed by atoms with Gasteiger partial charge in [0.15, 0.2) is 0 Å². The van der Waals surface area contributed by atoms with Crippen molar-refractivity contribution in [3.05, 3.63) is 15.6 Å². The number of hydrogen-bond donors (Lipinski definition) is 1. The zero-order valence-corrected chi connectivity index (χ0v) is 9.22. The van der Waals surface area contributed by atoms with Crippen LogP contribution in [0.2, 0.25) is 0 Å². The van der Waals surface area contributed by atoms with Crippen molar-refractivity contribution >= 4 is 17.3 Å². The zero-order chi connectivity index (χ0) is 10.4. The normalized spacial score (nSPS) is 24.1. The highest BCUT2D eigenvalue weighted by Gasteiger charge is 2.33. The molecule has 1 atom stereocenters. The molecule has 0 amide bonds. The molecule has 1 aromatic rings. The van der Waals surface area contributed by atoms with Gasteiger partial charge < -0.3 is 5.11 Å². The zero-order valence-electron chi connectivity index (χ0n) is 8.40. The molecule has 3 nitrogen and oxygen atoms in total. The van der Waals surface area contributed by atoms with E-state index in [1.165, 1.54) is 22.7 Å². The topological polar surface area (TPSA) is 50.2 Å². The summed E-state index contributed by atoms with van der Waals surface area (Å²) in [6.45, 7) is 0. The van der Waals surface area contributed by atoms with Gasteiger partial charge in [-0.2, -0.15) is 0 Å². The molecule has 80 valence electrons. The summed E-state index contributed by atoms with van der Waals surface area (Å²) in [5, 5.41) is 10.1. The Balaban J connectivity index is 1.84. The number of carbonyl (C=O) groups is 1. The molecule has 0 spiro atoms. The fraction of sp³-hybridized carbons (Fsp3) is 0.636. The Morgan fingerprint density at radius 2 is 2.27 bits per heavy atom. The Kier molecular flexibility index (Phi) is 2.06. The predicted octanol–water partition coefficient (Wildman–Crippen LogP) is 2.53. The van der Waals surface area contributed by atoms with Gasteiger partial charge >= 0.3 is 5.97 Å². The maximum atomic E-state index is 10.7. The molecule has 1 unspecified atom stereocenters. The summed E-state index contributed by atoms with van der Waals surface area (Å²) in [4.78, 5) is 16.7. The van der Waals surface area contributed by atoms with E-state index in [-0.39, 0.29) is 12.3 Å². The Bertz CT molecular complexity index is 409. The summed E-state index contributed by atoms with van der Waals surface area (Å²) >= 11 is 1.82. The summed E-state index contributed by atoms with van der Waals surface area (Å²) in [5.41, 5.74) is 1.10. The number of carboxylic acid groups (broad SMARTS) is 1. The van der Waals surface area contributed by atoms with Gasteiger partial charge in [0.25, 0.3) is 0 Å². The molecule has 1 saturated carbocycles. The Hall–Kier alpha value is -0.900. The molecular weight excluding hydrogens is 210 g/mol. The lowest BCUT2D eigenvalue weighted by molar-refractivity contribution is -0.137. The quantitative estimate of drug-likeness (QED) is 0.856. The summed E-state index contributed by atoms with van der Waals surface area (Å²) in [6, 6.07) is 0. The van der Waals surface area contributed by atoms with Crippen LogP contribution >= 0.6 is 11.3 Å². The molecule has 0 saturated heterocycles. The van der Waals surface area contributed by atoms with Gasteiger partial charge in [0.1, 0.15) is 0 Å². The molecule has 0 aromatic carbocycles. The molecule has 4 heteroatoms. The van der Waals surface area contributed by atoms with E-state index >= 15 is 0 Å².